The molecule has 7 heteroatoms. The van der Waals surface area contributed by atoms with Crippen molar-refractivity contribution >= 4 is 25.4 Å². The van der Waals surface area contributed by atoms with Crippen LogP contribution >= 0.6 is 0 Å². The third kappa shape index (κ3) is 11.5. The topological polar surface area (TPSA) is 36.9 Å². The van der Waals surface area contributed by atoms with Crippen molar-refractivity contribution in [1.29, 1.82) is 0 Å². The van der Waals surface area contributed by atoms with Crippen molar-refractivity contribution in [3.63, 3.8) is 0 Å². The smallest absolute Gasteiger partial charge is 0.416 e. The zero-order valence-electron chi connectivity index (χ0n) is 15.2. The minimum Gasteiger partial charge on any atom is -0.416 e. The van der Waals surface area contributed by atoms with Gasteiger partial charge in [0.1, 0.15) is 0 Å². The summed E-state index contributed by atoms with van der Waals surface area (Å²) in [4.78, 5) is 0. The first-order chi connectivity index (χ1) is 9.39. The molecule has 0 aliphatic carbocycles. The Kier molecular flexibility index (Phi) is 8.85. The standard InChI is InChI=1S/C14H34O4Si3/c1-14(2)13-16-11-10-12-21(15-3,17-19(4,5)6)18-20(7,8)9/h1,10-13H2,2-9H3. The first kappa shape index (κ1) is 21.2. The van der Waals surface area contributed by atoms with Gasteiger partial charge in [0.15, 0.2) is 16.6 Å². The zero-order valence-corrected chi connectivity index (χ0v) is 18.2. The third-order valence-electron chi connectivity index (χ3n) is 2.35. The highest BCUT2D eigenvalue weighted by Gasteiger charge is 2.46. The van der Waals surface area contributed by atoms with E-state index in [1.165, 1.54) is 0 Å². The molecule has 4 nitrogen and oxygen atoms in total. The van der Waals surface area contributed by atoms with E-state index in [1.807, 2.05) is 6.92 Å². The van der Waals surface area contributed by atoms with E-state index in [4.69, 9.17) is 17.4 Å². The van der Waals surface area contributed by atoms with Crippen molar-refractivity contribution in [2.45, 2.75) is 58.7 Å². The van der Waals surface area contributed by atoms with Crippen LogP contribution < -0.4 is 0 Å². The highest BCUT2D eigenvalue weighted by molar-refractivity contribution is 6.85. The molecule has 0 aromatic carbocycles. The SMILES string of the molecule is C=C(C)COCCC[Si](OC)(O[Si](C)(C)C)O[Si](C)(C)C. The predicted molar refractivity (Wildman–Crippen MR) is 96.7 cm³/mol. The molecule has 0 rings (SSSR count). The first-order valence-corrected chi connectivity index (χ1v) is 16.3. The molecule has 0 aromatic rings. The summed E-state index contributed by atoms with van der Waals surface area (Å²) in [7, 11) is -4.31. The molecule has 0 fully saturated rings. The Hall–Kier alpha value is 0.231. The molecule has 0 amide bonds. The Morgan fingerprint density at radius 1 is 0.952 bits per heavy atom. The van der Waals surface area contributed by atoms with Crippen molar-refractivity contribution in [1.82, 2.24) is 0 Å². The van der Waals surface area contributed by atoms with Crippen LogP contribution in [0.1, 0.15) is 13.3 Å². The molecular formula is C14H34O4Si3. The second-order valence-corrected chi connectivity index (χ2v) is 19.8. The first-order valence-electron chi connectivity index (χ1n) is 7.57. The number of ether oxygens (including phenoxy) is 1. The van der Waals surface area contributed by atoms with Crippen LogP contribution in [0.25, 0.3) is 0 Å². The van der Waals surface area contributed by atoms with Gasteiger partial charge in [-0.3, -0.25) is 0 Å². The number of hydrogen-bond donors (Lipinski definition) is 0. The van der Waals surface area contributed by atoms with E-state index in [1.54, 1.807) is 7.11 Å². The van der Waals surface area contributed by atoms with Crippen LogP contribution in [0, 0.1) is 0 Å². The summed E-state index contributed by atoms with van der Waals surface area (Å²) >= 11 is 0. The van der Waals surface area contributed by atoms with Crippen LogP contribution in [0.3, 0.4) is 0 Å². The van der Waals surface area contributed by atoms with Crippen LogP contribution in [0.5, 0.6) is 0 Å². The Morgan fingerprint density at radius 2 is 1.43 bits per heavy atom. The van der Waals surface area contributed by atoms with E-state index in [0.29, 0.717) is 13.2 Å². The van der Waals surface area contributed by atoms with Gasteiger partial charge in [-0.15, -0.1) is 0 Å². The molecule has 126 valence electrons. The third-order valence-corrected chi connectivity index (χ3v) is 11.3. The van der Waals surface area contributed by atoms with Gasteiger partial charge in [-0.2, -0.15) is 0 Å². The quantitative estimate of drug-likeness (QED) is 0.317. The molecule has 0 saturated carbocycles. The van der Waals surface area contributed by atoms with E-state index < -0.39 is 25.4 Å². The average Bonchev–Trinajstić information content (AvgIpc) is 2.23. The Morgan fingerprint density at radius 3 is 1.76 bits per heavy atom. The summed E-state index contributed by atoms with van der Waals surface area (Å²) in [5.41, 5.74) is 1.04. The Balaban J connectivity index is 4.66. The van der Waals surface area contributed by atoms with Gasteiger partial charge in [-0.25, -0.2) is 0 Å². The van der Waals surface area contributed by atoms with Crippen molar-refractivity contribution < 1.29 is 17.4 Å². The van der Waals surface area contributed by atoms with E-state index in [0.717, 1.165) is 18.0 Å². The summed E-state index contributed by atoms with van der Waals surface area (Å²) in [5.74, 6) is 0. The second-order valence-electron chi connectivity index (χ2n) is 7.43. The monoisotopic (exact) mass is 350 g/mol. The lowest BCUT2D eigenvalue weighted by atomic mass is 10.4. The molecule has 0 aliphatic heterocycles. The van der Waals surface area contributed by atoms with Gasteiger partial charge in [0.2, 0.25) is 0 Å². The fourth-order valence-corrected chi connectivity index (χ4v) is 12.1. The largest absolute Gasteiger partial charge is 0.479 e. The van der Waals surface area contributed by atoms with Gasteiger partial charge in [0.25, 0.3) is 0 Å². The minimum atomic E-state index is -2.60. The van der Waals surface area contributed by atoms with E-state index in [-0.39, 0.29) is 0 Å². The maximum atomic E-state index is 6.37. The van der Waals surface area contributed by atoms with Gasteiger partial charge >= 0.3 is 8.80 Å². The Labute approximate surface area is 134 Å². The maximum absolute atomic E-state index is 6.37. The summed E-state index contributed by atoms with van der Waals surface area (Å²) < 4.78 is 24.1. The molecule has 0 atom stereocenters. The van der Waals surface area contributed by atoms with Gasteiger partial charge < -0.3 is 17.4 Å². The Bertz CT molecular complexity index is 305. The zero-order chi connectivity index (χ0) is 16.7. The van der Waals surface area contributed by atoms with Gasteiger partial charge in [-0.1, -0.05) is 12.2 Å². The molecule has 0 saturated heterocycles. The van der Waals surface area contributed by atoms with E-state index in [9.17, 15) is 0 Å². The fourth-order valence-electron chi connectivity index (χ4n) is 1.88. The molecule has 0 radical (unpaired) electrons. The van der Waals surface area contributed by atoms with E-state index in [2.05, 4.69) is 45.9 Å². The van der Waals surface area contributed by atoms with Gasteiger partial charge in [0.05, 0.1) is 6.61 Å². The van der Waals surface area contributed by atoms with E-state index >= 15 is 0 Å². The molecule has 0 heterocycles. The van der Waals surface area contributed by atoms with Crippen LogP contribution in [0.4, 0.5) is 0 Å². The highest BCUT2D eigenvalue weighted by Crippen LogP contribution is 2.26. The lowest BCUT2D eigenvalue weighted by molar-refractivity contribution is 0.147. The van der Waals surface area contributed by atoms with Crippen LogP contribution in [0.15, 0.2) is 12.2 Å². The molecule has 0 aromatic heterocycles. The van der Waals surface area contributed by atoms with Crippen LogP contribution in [0.2, 0.25) is 45.3 Å². The lowest BCUT2D eigenvalue weighted by Gasteiger charge is -2.38. The van der Waals surface area contributed by atoms with Crippen molar-refractivity contribution in [2.75, 3.05) is 20.3 Å². The van der Waals surface area contributed by atoms with Crippen molar-refractivity contribution in [2.24, 2.45) is 0 Å². The maximum Gasteiger partial charge on any atom is 0.479 e. The summed E-state index contributed by atoms with van der Waals surface area (Å²) in [5, 5.41) is 0. The van der Waals surface area contributed by atoms with Crippen molar-refractivity contribution in [3.05, 3.63) is 12.2 Å². The van der Waals surface area contributed by atoms with Crippen LogP contribution in [-0.2, 0) is 17.4 Å². The highest BCUT2D eigenvalue weighted by atomic mass is 28.5. The fraction of sp³-hybridized carbons (Fsp3) is 0.857. The summed E-state index contributed by atoms with van der Waals surface area (Å²) in [6.07, 6.45) is 0.891. The van der Waals surface area contributed by atoms with Crippen LogP contribution in [-0.4, -0.2) is 45.8 Å². The molecular weight excluding hydrogens is 316 g/mol. The number of hydrogen-bond acceptors (Lipinski definition) is 4. The number of rotatable bonds is 11. The second kappa shape index (κ2) is 8.76. The van der Waals surface area contributed by atoms with Crippen molar-refractivity contribution in [3.8, 4) is 0 Å². The normalized spacial score (nSPS) is 13.5. The average molecular weight is 351 g/mol. The minimum absolute atomic E-state index is 0.616. The molecule has 0 unspecified atom stereocenters. The molecule has 0 bridgehead atoms. The lowest BCUT2D eigenvalue weighted by Crippen LogP contribution is -2.56. The molecule has 0 spiro atoms. The molecule has 0 aliphatic rings. The predicted octanol–water partition coefficient (Wildman–Crippen LogP) is 4.26. The van der Waals surface area contributed by atoms with Gasteiger partial charge in [-0.05, 0) is 52.6 Å². The summed E-state index contributed by atoms with van der Waals surface area (Å²) in [6.45, 7) is 20.2. The molecule has 21 heavy (non-hydrogen) atoms. The van der Waals surface area contributed by atoms with Gasteiger partial charge in [0, 0.05) is 19.8 Å². The molecule has 0 N–H and O–H groups in total. The summed E-state index contributed by atoms with van der Waals surface area (Å²) in [6, 6.07) is 0.814.